The molecular weight excluding hydrogens is 360 g/mol. The molecule has 2 unspecified atom stereocenters. The number of carbonyl (C=O) groups excluding carboxylic acids is 2. The van der Waals surface area contributed by atoms with E-state index in [9.17, 15) is 9.59 Å². The van der Waals surface area contributed by atoms with E-state index < -0.39 is 16.4 Å². The molecule has 27 heavy (non-hydrogen) atoms. The lowest BCUT2D eigenvalue weighted by atomic mass is 9.66. The molecule has 2 bridgehead atoms. The summed E-state index contributed by atoms with van der Waals surface area (Å²) in [5, 5.41) is 0. The van der Waals surface area contributed by atoms with Crippen molar-refractivity contribution in [3.05, 3.63) is 16.4 Å². The summed E-state index contributed by atoms with van der Waals surface area (Å²) in [7, 11) is 0. The molecule has 0 N–H and O–H groups in total. The Morgan fingerprint density at radius 3 is 2.44 bits per heavy atom. The molecule has 2 aliphatic rings. The molecule has 5 nitrogen and oxygen atoms in total. The minimum Gasteiger partial charge on any atom is -0.448 e. The number of esters is 1. The van der Waals surface area contributed by atoms with Crippen LogP contribution in [0.3, 0.4) is 0 Å². The fraction of sp³-hybridized carbons (Fsp3) is 0.762. The van der Waals surface area contributed by atoms with E-state index in [-0.39, 0.29) is 17.4 Å². The van der Waals surface area contributed by atoms with Gasteiger partial charge in [-0.3, -0.25) is 13.5 Å². The van der Waals surface area contributed by atoms with Crippen molar-refractivity contribution in [2.75, 3.05) is 0 Å². The second kappa shape index (κ2) is 6.29. The maximum absolute atomic E-state index is 13.3. The van der Waals surface area contributed by atoms with Gasteiger partial charge >= 0.3 is 5.97 Å². The summed E-state index contributed by atoms with van der Waals surface area (Å²) < 4.78 is 8.62. The highest BCUT2D eigenvalue weighted by atomic mass is 32.1. The van der Waals surface area contributed by atoms with E-state index in [0.717, 1.165) is 29.5 Å². The standard InChI is InChI=1S/C21H32N2O3S/c1-8-9-10-14-13-23(18(2,3)4)27-15(14)22-16(24)21-12-11-20(7,17(25)26-21)19(21,5)6/h13H,8-12H2,1-7H3. The topological polar surface area (TPSA) is 60.7 Å². The predicted molar refractivity (Wildman–Crippen MR) is 106 cm³/mol. The molecule has 0 radical (unpaired) electrons. The van der Waals surface area contributed by atoms with Crippen molar-refractivity contribution < 1.29 is 14.3 Å². The number of ether oxygens (including phenoxy) is 1. The van der Waals surface area contributed by atoms with Crippen LogP contribution in [-0.2, 0) is 26.3 Å². The second-order valence-electron chi connectivity index (χ2n) is 9.74. The Balaban J connectivity index is 2.05. The van der Waals surface area contributed by atoms with Crippen LogP contribution in [0.4, 0.5) is 0 Å². The summed E-state index contributed by atoms with van der Waals surface area (Å²) >= 11 is 1.52. The number of aryl methyl sites for hydroxylation is 1. The molecule has 1 aromatic heterocycles. The number of fused-ring (bicyclic) bond motifs is 2. The summed E-state index contributed by atoms with van der Waals surface area (Å²) in [5.41, 5.74) is -1.25. The zero-order valence-electron chi connectivity index (χ0n) is 17.6. The van der Waals surface area contributed by atoms with Crippen LogP contribution in [0.1, 0.15) is 79.7 Å². The molecule has 2 atom stereocenters. The lowest BCUT2D eigenvalue weighted by Gasteiger charge is -2.33. The molecule has 0 aromatic carbocycles. The van der Waals surface area contributed by atoms with Gasteiger partial charge in [0.2, 0.25) is 0 Å². The van der Waals surface area contributed by atoms with Gasteiger partial charge in [-0.25, -0.2) is 0 Å². The fourth-order valence-corrected chi connectivity index (χ4v) is 5.28. The number of aromatic nitrogens is 1. The molecule has 1 aliphatic carbocycles. The summed E-state index contributed by atoms with van der Waals surface area (Å²) in [4.78, 5) is 30.3. The maximum atomic E-state index is 13.3. The van der Waals surface area contributed by atoms with E-state index in [1.807, 2.05) is 20.8 Å². The van der Waals surface area contributed by atoms with Gasteiger partial charge in [0.25, 0.3) is 5.91 Å². The smallest absolute Gasteiger partial charge is 0.313 e. The maximum Gasteiger partial charge on any atom is 0.313 e. The summed E-state index contributed by atoms with van der Waals surface area (Å²) in [5.74, 6) is -0.563. The van der Waals surface area contributed by atoms with Crippen LogP contribution in [0, 0.1) is 10.8 Å². The number of rotatable bonds is 4. The van der Waals surface area contributed by atoms with Gasteiger partial charge in [-0.15, -0.1) is 0 Å². The highest BCUT2D eigenvalue weighted by molar-refractivity contribution is 7.04. The van der Waals surface area contributed by atoms with Crippen molar-refractivity contribution in [2.24, 2.45) is 15.8 Å². The molecule has 1 saturated carbocycles. The average Bonchev–Trinajstić information content (AvgIpc) is 3.10. The summed E-state index contributed by atoms with van der Waals surface area (Å²) in [6.07, 6.45) is 6.40. The number of nitrogens with zero attached hydrogens (tertiary/aromatic N) is 2. The molecular formula is C21H32N2O3S. The van der Waals surface area contributed by atoms with E-state index in [1.54, 1.807) is 0 Å². The predicted octanol–water partition coefficient (Wildman–Crippen LogP) is 4.20. The van der Waals surface area contributed by atoms with Crippen LogP contribution < -0.4 is 4.67 Å². The average molecular weight is 393 g/mol. The molecule has 1 amide bonds. The molecule has 0 spiro atoms. The van der Waals surface area contributed by atoms with Gasteiger partial charge in [-0.2, -0.15) is 4.99 Å². The molecule has 6 heteroatoms. The molecule has 2 heterocycles. The first kappa shape index (κ1) is 20.3. The normalized spacial score (nSPS) is 30.0. The molecule has 1 aliphatic heterocycles. The van der Waals surface area contributed by atoms with Crippen molar-refractivity contribution in [1.29, 1.82) is 0 Å². The van der Waals surface area contributed by atoms with Crippen molar-refractivity contribution >= 4 is 23.4 Å². The largest absolute Gasteiger partial charge is 0.448 e. The van der Waals surface area contributed by atoms with Crippen molar-refractivity contribution in [2.45, 2.75) is 91.7 Å². The zero-order chi connectivity index (χ0) is 20.3. The van der Waals surface area contributed by atoms with E-state index in [1.165, 1.54) is 11.5 Å². The highest BCUT2D eigenvalue weighted by Crippen LogP contribution is 2.65. The lowest BCUT2D eigenvalue weighted by molar-refractivity contribution is -0.166. The van der Waals surface area contributed by atoms with E-state index >= 15 is 0 Å². The van der Waals surface area contributed by atoms with Gasteiger partial charge in [0, 0.05) is 22.7 Å². The lowest BCUT2D eigenvalue weighted by Crippen LogP contribution is -2.47. The Morgan fingerprint density at radius 1 is 1.30 bits per heavy atom. The highest BCUT2D eigenvalue weighted by Gasteiger charge is 2.75. The molecule has 1 aromatic rings. The van der Waals surface area contributed by atoms with Gasteiger partial charge in [0.05, 0.1) is 5.41 Å². The van der Waals surface area contributed by atoms with Gasteiger partial charge in [0.1, 0.15) is 4.67 Å². The Kier molecular flexibility index (Phi) is 4.73. The van der Waals surface area contributed by atoms with E-state index in [4.69, 9.17) is 4.74 Å². The third-order valence-corrected chi connectivity index (χ3v) is 8.20. The first-order chi connectivity index (χ1) is 12.4. The quantitative estimate of drug-likeness (QED) is 0.722. The fourth-order valence-electron chi connectivity index (χ4n) is 4.24. The van der Waals surface area contributed by atoms with Gasteiger partial charge in [-0.05, 0) is 64.9 Å². The molecule has 150 valence electrons. The summed E-state index contributed by atoms with van der Waals surface area (Å²) in [6, 6.07) is 0. The second-order valence-corrected chi connectivity index (χ2v) is 10.7. The van der Waals surface area contributed by atoms with Crippen LogP contribution in [0.15, 0.2) is 11.2 Å². The van der Waals surface area contributed by atoms with Crippen LogP contribution >= 0.6 is 11.5 Å². The zero-order valence-corrected chi connectivity index (χ0v) is 18.5. The SMILES string of the molecule is CCCCc1cn(C(C)(C)C)sc1=NC(=O)C12CCC(C)(C(=O)O1)C2(C)C. The van der Waals surface area contributed by atoms with Crippen molar-refractivity contribution in [3.63, 3.8) is 0 Å². The van der Waals surface area contributed by atoms with Crippen LogP contribution in [0.25, 0.3) is 0 Å². The third-order valence-electron chi connectivity index (χ3n) is 6.83. The van der Waals surface area contributed by atoms with E-state index in [2.05, 4.69) is 42.8 Å². The number of amides is 1. The van der Waals surface area contributed by atoms with Gasteiger partial charge in [-0.1, -0.05) is 27.2 Å². The third kappa shape index (κ3) is 2.82. The monoisotopic (exact) mass is 392 g/mol. The van der Waals surface area contributed by atoms with Gasteiger partial charge in [0.15, 0.2) is 5.60 Å². The Labute approximate surface area is 166 Å². The van der Waals surface area contributed by atoms with Crippen molar-refractivity contribution in [3.8, 4) is 0 Å². The van der Waals surface area contributed by atoms with Gasteiger partial charge < -0.3 is 4.74 Å². The Bertz CT molecular complexity index is 842. The number of carbonyl (C=O) groups is 2. The number of hydrogen-bond acceptors (Lipinski definition) is 4. The Morgan fingerprint density at radius 2 is 1.96 bits per heavy atom. The Hall–Kier alpha value is -1.43. The summed E-state index contributed by atoms with van der Waals surface area (Å²) in [6.45, 7) is 14.4. The minimum absolute atomic E-state index is 0.0637. The number of unbranched alkanes of at least 4 members (excludes halogenated alkanes) is 1. The minimum atomic E-state index is -1.13. The molecule has 3 rings (SSSR count). The number of hydrogen-bond donors (Lipinski definition) is 0. The van der Waals surface area contributed by atoms with Crippen LogP contribution in [-0.4, -0.2) is 21.4 Å². The first-order valence-electron chi connectivity index (χ1n) is 9.94. The van der Waals surface area contributed by atoms with Crippen LogP contribution in [0.5, 0.6) is 0 Å². The van der Waals surface area contributed by atoms with Crippen molar-refractivity contribution in [1.82, 2.24) is 3.96 Å². The molecule has 2 fully saturated rings. The molecule has 1 saturated heterocycles. The van der Waals surface area contributed by atoms with Crippen LogP contribution in [0.2, 0.25) is 0 Å². The van der Waals surface area contributed by atoms with E-state index in [0.29, 0.717) is 12.8 Å². The first-order valence-corrected chi connectivity index (χ1v) is 10.7.